The van der Waals surface area contributed by atoms with E-state index in [4.69, 9.17) is 4.74 Å². The van der Waals surface area contributed by atoms with E-state index in [0.717, 1.165) is 12.3 Å². The molecule has 0 amide bonds. The molecule has 2 heteroatoms. The second-order valence-electron chi connectivity index (χ2n) is 7.42. The predicted molar refractivity (Wildman–Crippen MR) is 110 cm³/mol. The van der Waals surface area contributed by atoms with Crippen LogP contribution in [0.15, 0.2) is 54.8 Å². The van der Waals surface area contributed by atoms with E-state index in [-0.39, 0.29) is 10.8 Å². The molecule has 0 aromatic heterocycles. The SMILES string of the molecule is C=CCC(C1=COC2C=Cc3ccccc3C2CC1C)C1CC1.CC.F. The Morgan fingerprint density at radius 1 is 1.23 bits per heavy atom. The molecule has 1 heterocycles. The minimum Gasteiger partial charge on any atom is -0.493 e. The molecule has 0 spiro atoms. The van der Waals surface area contributed by atoms with Gasteiger partial charge in [0.1, 0.15) is 6.10 Å². The number of benzene rings is 1. The Hall–Kier alpha value is -1.83. The molecular formula is C24H33FO. The van der Waals surface area contributed by atoms with Crippen LogP contribution in [0.1, 0.15) is 63.5 Å². The van der Waals surface area contributed by atoms with Gasteiger partial charge in [-0.3, -0.25) is 4.70 Å². The van der Waals surface area contributed by atoms with Crippen LogP contribution in [0.3, 0.4) is 0 Å². The van der Waals surface area contributed by atoms with Gasteiger partial charge >= 0.3 is 0 Å². The average molecular weight is 357 g/mol. The highest BCUT2D eigenvalue weighted by atomic mass is 19.0. The monoisotopic (exact) mass is 356 g/mol. The summed E-state index contributed by atoms with van der Waals surface area (Å²) in [5.74, 6) is 2.55. The molecule has 0 bridgehead atoms. The molecule has 2 aliphatic carbocycles. The van der Waals surface area contributed by atoms with Crippen molar-refractivity contribution >= 4 is 6.08 Å². The van der Waals surface area contributed by atoms with E-state index < -0.39 is 0 Å². The third-order valence-electron chi connectivity index (χ3n) is 5.84. The highest BCUT2D eigenvalue weighted by Gasteiger charge is 2.38. The van der Waals surface area contributed by atoms with Gasteiger partial charge in [0, 0.05) is 5.92 Å². The highest BCUT2D eigenvalue weighted by Crippen LogP contribution is 2.48. The van der Waals surface area contributed by atoms with E-state index in [1.165, 1.54) is 36.0 Å². The zero-order valence-corrected chi connectivity index (χ0v) is 16.4. The highest BCUT2D eigenvalue weighted by molar-refractivity contribution is 5.59. The number of fused-ring (bicyclic) bond motifs is 3. The molecule has 26 heavy (non-hydrogen) atoms. The second-order valence-corrected chi connectivity index (χ2v) is 7.42. The van der Waals surface area contributed by atoms with Crippen molar-refractivity contribution < 1.29 is 9.44 Å². The van der Waals surface area contributed by atoms with Crippen molar-refractivity contribution in [3.05, 3.63) is 66.0 Å². The van der Waals surface area contributed by atoms with Gasteiger partial charge in [-0.05, 0) is 66.2 Å². The maximum absolute atomic E-state index is 6.27. The minimum absolute atomic E-state index is 0. The molecule has 3 aliphatic rings. The fourth-order valence-electron chi connectivity index (χ4n) is 4.43. The quantitative estimate of drug-likeness (QED) is 0.534. The third kappa shape index (κ3) is 4.11. The van der Waals surface area contributed by atoms with Crippen LogP contribution in [-0.2, 0) is 4.74 Å². The van der Waals surface area contributed by atoms with Gasteiger partial charge in [0.25, 0.3) is 0 Å². The summed E-state index contributed by atoms with van der Waals surface area (Å²) < 4.78 is 6.27. The first-order chi connectivity index (χ1) is 12.3. The van der Waals surface area contributed by atoms with Crippen LogP contribution in [0.2, 0.25) is 0 Å². The lowest BCUT2D eigenvalue weighted by Gasteiger charge is -2.29. The lowest BCUT2D eigenvalue weighted by Crippen LogP contribution is -2.22. The fourth-order valence-corrected chi connectivity index (χ4v) is 4.43. The summed E-state index contributed by atoms with van der Waals surface area (Å²) in [6, 6.07) is 8.78. The van der Waals surface area contributed by atoms with E-state index in [0.29, 0.717) is 17.8 Å². The topological polar surface area (TPSA) is 9.23 Å². The second kappa shape index (κ2) is 9.21. The number of hydrogen-bond donors (Lipinski definition) is 0. The van der Waals surface area contributed by atoms with E-state index in [1.807, 2.05) is 13.8 Å². The normalized spacial score (nSPS) is 27.0. The number of halogens is 1. The maximum atomic E-state index is 6.27. The van der Waals surface area contributed by atoms with Gasteiger partial charge in [0.2, 0.25) is 0 Å². The minimum atomic E-state index is 0. The molecule has 0 radical (unpaired) electrons. The van der Waals surface area contributed by atoms with E-state index in [9.17, 15) is 0 Å². The van der Waals surface area contributed by atoms with Gasteiger partial charge in [-0.2, -0.15) is 0 Å². The van der Waals surface area contributed by atoms with E-state index >= 15 is 0 Å². The van der Waals surface area contributed by atoms with Gasteiger partial charge in [0.15, 0.2) is 0 Å². The van der Waals surface area contributed by atoms with Gasteiger partial charge in [-0.1, -0.05) is 57.2 Å². The number of rotatable bonds is 4. The van der Waals surface area contributed by atoms with Gasteiger partial charge in [-0.15, -0.1) is 6.58 Å². The molecule has 1 aliphatic heterocycles. The summed E-state index contributed by atoms with van der Waals surface area (Å²) in [6.45, 7) is 10.4. The number of ether oxygens (including phenoxy) is 1. The van der Waals surface area contributed by atoms with Crippen molar-refractivity contribution in [1.82, 2.24) is 0 Å². The molecule has 4 unspecified atom stereocenters. The molecule has 4 rings (SSSR count). The Morgan fingerprint density at radius 3 is 2.65 bits per heavy atom. The lowest BCUT2D eigenvalue weighted by atomic mass is 9.76. The van der Waals surface area contributed by atoms with Crippen LogP contribution in [0, 0.1) is 17.8 Å². The lowest BCUT2D eigenvalue weighted by molar-refractivity contribution is 0.158. The standard InChI is InChI=1S/C22H26O.C2H6.FH/c1-3-6-18(17-9-10-17)21-14-23-22-12-11-16-7-4-5-8-19(16)20(22)13-15(21)2;1-2;/h3-5,7-8,11-12,14-15,17-18,20,22H,1,6,9-10,13H2,2H3;1-2H3;1H. The van der Waals surface area contributed by atoms with Crippen LogP contribution in [0.5, 0.6) is 0 Å². The van der Waals surface area contributed by atoms with E-state index in [1.54, 1.807) is 0 Å². The van der Waals surface area contributed by atoms with Crippen molar-refractivity contribution in [3.8, 4) is 0 Å². The summed E-state index contributed by atoms with van der Waals surface area (Å²) in [5.41, 5.74) is 4.33. The first kappa shape index (κ1) is 20.5. The Bertz CT molecular complexity index is 656. The molecule has 1 nitrogen and oxygen atoms in total. The van der Waals surface area contributed by atoms with Crippen molar-refractivity contribution in [3.63, 3.8) is 0 Å². The number of allylic oxidation sites excluding steroid dienone is 2. The van der Waals surface area contributed by atoms with Gasteiger partial charge in [0.05, 0.1) is 6.26 Å². The van der Waals surface area contributed by atoms with Crippen LogP contribution in [0.25, 0.3) is 6.08 Å². The predicted octanol–water partition coefficient (Wildman–Crippen LogP) is 6.89. The Kier molecular flexibility index (Phi) is 7.25. The Balaban J connectivity index is 0.000000784. The smallest absolute Gasteiger partial charge is 0.123 e. The first-order valence-electron chi connectivity index (χ1n) is 10.0. The fraction of sp³-hybridized carbons (Fsp3) is 0.500. The van der Waals surface area contributed by atoms with Crippen molar-refractivity contribution in [1.29, 1.82) is 0 Å². The summed E-state index contributed by atoms with van der Waals surface area (Å²) in [5, 5.41) is 0. The Morgan fingerprint density at radius 2 is 1.96 bits per heavy atom. The summed E-state index contributed by atoms with van der Waals surface area (Å²) in [7, 11) is 0. The van der Waals surface area contributed by atoms with Crippen molar-refractivity contribution in [2.75, 3.05) is 0 Å². The van der Waals surface area contributed by atoms with Gasteiger partial charge in [-0.25, -0.2) is 0 Å². The molecule has 0 N–H and O–H groups in total. The average Bonchev–Trinajstić information content (AvgIpc) is 3.49. The third-order valence-corrected chi connectivity index (χ3v) is 5.84. The van der Waals surface area contributed by atoms with Crippen LogP contribution in [0.4, 0.5) is 4.70 Å². The molecule has 1 aromatic carbocycles. The number of hydrogen-bond acceptors (Lipinski definition) is 1. The molecule has 1 fully saturated rings. The molecule has 1 saturated carbocycles. The maximum Gasteiger partial charge on any atom is 0.123 e. The van der Waals surface area contributed by atoms with Crippen LogP contribution < -0.4 is 0 Å². The summed E-state index contributed by atoms with van der Waals surface area (Å²) in [6.07, 6.45) is 13.9. The van der Waals surface area contributed by atoms with Crippen molar-refractivity contribution in [2.24, 2.45) is 17.8 Å². The molecular weight excluding hydrogens is 323 g/mol. The van der Waals surface area contributed by atoms with Crippen LogP contribution in [-0.4, -0.2) is 6.10 Å². The van der Waals surface area contributed by atoms with Gasteiger partial charge < -0.3 is 4.74 Å². The van der Waals surface area contributed by atoms with E-state index in [2.05, 4.69) is 62.3 Å². The Labute approximate surface area is 158 Å². The molecule has 4 atom stereocenters. The largest absolute Gasteiger partial charge is 0.493 e. The first-order valence-corrected chi connectivity index (χ1v) is 10.0. The summed E-state index contributed by atoms with van der Waals surface area (Å²) in [4.78, 5) is 0. The zero-order chi connectivity index (χ0) is 17.8. The molecule has 142 valence electrons. The zero-order valence-electron chi connectivity index (χ0n) is 16.4. The van der Waals surface area contributed by atoms with Crippen LogP contribution >= 0.6 is 0 Å². The summed E-state index contributed by atoms with van der Waals surface area (Å²) >= 11 is 0. The molecule has 1 aromatic rings. The molecule has 0 saturated heterocycles. The van der Waals surface area contributed by atoms with Crippen molar-refractivity contribution in [2.45, 2.75) is 58.5 Å².